The third-order valence-electron chi connectivity index (χ3n) is 6.24. The Morgan fingerprint density at radius 1 is 1.09 bits per heavy atom. The number of anilines is 1. The van der Waals surface area contributed by atoms with Crippen molar-refractivity contribution in [2.45, 2.75) is 44.9 Å². The molecule has 1 amide bonds. The van der Waals surface area contributed by atoms with E-state index in [1.165, 1.54) is 0 Å². The van der Waals surface area contributed by atoms with Crippen molar-refractivity contribution in [1.82, 2.24) is 14.9 Å². The number of carbonyl (C=O) groups is 1. The molecule has 1 saturated heterocycles. The Hall–Kier alpha value is -3.42. The Bertz CT molecular complexity index is 1120. The van der Waals surface area contributed by atoms with E-state index in [1.807, 2.05) is 66.4 Å². The molecule has 178 valence electrons. The van der Waals surface area contributed by atoms with Crippen molar-refractivity contribution in [3.8, 4) is 11.1 Å². The van der Waals surface area contributed by atoms with E-state index in [1.54, 1.807) is 0 Å². The van der Waals surface area contributed by atoms with Crippen molar-refractivity contribution in [3.63, 3.8) is 0 Å². The van der Waals surface area contributed by atoms with E-state index < -0.39 is 11.9 Å². The van der Waals surface area contributed by atoms with Crippen LogP contribution in [0.1, 0.15) is 42.7 Å². The fourth-order valence-electron chi connectivity index (χ4n) is 4.60. The monoisotopic (exact) mass is 468 g/mol. The molecule has 3 atom stereocenters. The zero-order chi connectivity index (χ0) is 24.3. The van der Waals surface area contributed by atoms with Crippen molar-refractivity contribution in [3.05, 3.63) is 78.2 Å². The minimum Gasteiger partial charge on any atom is -0.364 e. The van der Waals surface area contributed by atoms with Crippen LogP contribution in [0.4, 0.5) is 19.0 Å². The van der Waals surface area contributed by atoms with E-state index in [9.17, 15) is 18.0 Å². The molecule has 3 aromatic rings. The third kappa shape index (κ3) is 5.05. The van der Waals surface area contributed by atoms with Gasteiger partial charge in [0, 0.05) is 18.2 Å². The fourth-order valence-corrected chi connectivity index (χ4v) is 4.60. The molecule has 1 aromatic heterocycles. The Labute approximate surface area is 197 Å². The summed E-state index contributed by atoms with van der Waals surface area (Å²) in [5.41, 5.74) is 1.45. The van der Waals surface area contributed by atoms with Crippen molar-refractivity contribution in [2.24, 2.45) is 5.92 Å². The predicted molar refractivity (Wildman–Crippen MR) is 125 cm³/mol. The summed E-state index contributed by atoms with van der Waals surface area (Å²) in [6.45, 7) is 4.70. The molecule has 1 aliphatic heterocycles. The molecule has 3 unspecified atom stereocenters. The molecule has 0 bridgehead atoms. The molecule has 5 nitrogen and oxygen atoms in total. The minimum atomic E-state index is -4.54. The van der Waals surface area contributed by atoms with Gasteiger partial charge in [0.1, 0.15) is 5.82 Å². The lowest BCUT2D eigenvalue weighted by Gasteiger charge is -2.32. The Morgan fingerprint density at radius 3 is 2.44 bits per heavy atom. The van der Waals surface area contributed by atoms with Crippen LogP contribution in [0.25, 0.3) is 11.1 Å². The van der Waals surface area contributed by atoms with E-state index in [4.69, 9.17) is 0 Å². The minimum absolute atomic E-state index is 0.0486. The molecule has 0 aliphatic carbocycles. The molecule has 8 heteroatoms. The van der Waals surface area contributed by atoms with Crippen LogP contribution in [0.5, 0.6) is 0 Å². The first-order chi connectivity index (χ1) is 16.3. The predicted octanol–water partition coefficient (Wildman–Crippen LogP) is 5.90. The van der Waals surface area contributed by atoms with E-state index in [-0.39, 0.29) is 23.8 Å². The van der Waals surface area contributed by atoms with E-state index in [0.717, 1.165) is 29.9 Å². The Morgan fingerprint density at radius 2 is 1.79 bits per heavy atom. The summed E-state index contributed by atoms with van der Waals surface area (Å²) < 4.78 is 38.5. The van der Waals surface area contributed by atoms with Gasteiger partial charge >= 0.3 is 6.18 Å². The van der Waals surface area contributed by atoms with Gasteiger partial charge in [-0.1, -0.05) is 62.4 Å². The van der Waals surface area contributed by atoms with Crippen molar-refractivity contribution < 1.29 is 18.0 Å². The van der Waals surface area contributed by atoms with Gasteiger partial charge in [-0.2, -0.15) is 13.2 Å². The molecular weight excluding hydrogens is 441 g/mol. The van der Waals surface area contributed by atoms with Gasteiger partial charge in [-0.25, -0.2) is 9.97 Å². The normalized spacial score (nSPS) is 19.1. The van der Waals surface area contributed by atoms with Gasteiger partial charge in [0.25, 0.3) is 5.91 Å². The number of hydrogen-bond donors (Lipinski definition) is 1. The third-order valence-corrected chi connectivity index (χ3v) is 6.24. The van der Waals surface area contributed by atoms with E-state index in [2.05, 4.69) is 22.2 Å². The van der Waals surface area contributed by atoms with Crippen LogP contribution in [-0.2, 0) is 6.18 Å². The van der Waals surface area contributed by atoms with Crippen molar-refractivity contribution in [2.75, 3.05) is 11.9 Å². The Balaban J connectivity index is 1.59. The lowest BCUT2D eigenvalue weighted by Crippen LogP contribution is -2.46. The molecular formula is C26H27F3N4O. The molecule has 2 aromatic carbocycles. The molecule has 4 rings (SSSR count). The number of rotatable bonds is 6. The molecule has 1 fully saturated rings. The summed E-state index contributed by atoms with van der Waals surface area (Å²) >= 11 is 0. The number of hydrogen-bond acceptors (Lipinski definition) is 4. The number of nitrogens with zero attached hydrogens (tertiary/aromatic N) is 3. The number of alkyl halides is 3. The van der Waals surface area contributed by atoms with E-state index >= 15 is 0 Å². The van der Waals surface area contributed by atoms with Gasteiger partial charge in [-0.3, -0.25) is 4.79 Å². The molecule has 2 heterocycles. The summed E-state index contributed by atoms with van der Waals surface area (Å²) in [6.07, 6.45) is -1.25. The quantitative estimate of drug-likeness (QED) is 0.489. The highest BCUT2D eigenvalue weighted by Gasteiger charge is 2.39. The Kier molecular flexibility index (Phi) is 6.86. The van der Waals surface area contributed by atoms with Crippen LogP contribution < -0.4 is 5.32 Å². The molecule has 1 N–H and O–H groups in total. The number of benzene rings is 2. The van der Waals surface area contributed by atoms with Crippen LogP contribution in [0, 0.1) is 5.92 Å². The second kappa shape index (κ2) is 9.83. The summed E-state index contributed by atoms with van der Waals surface area (Å²) in [5, 5.41) is 3.22. The second-order valence-corrected chi connectivity index (χ2v) is 8.72. The second-order valence-electron chi connectivity index (χ2n) is 8.72. The zero-order valence-corrected chi connectivity index (χ0v) is 19.1. The van der Waals surface area contributed by atoms with Gasteiger partial charge < -0.3 is 10.2 Å². The summed E-state index contributed by atoms with van der Waals surface area (Å²) in [5.74, 6) is 0.511. The average Bonchev–Trinajstić information content (AvgIpc) is 3.23. The van der Waals surface area contributed by atoms with Crippen LogP contribution in [0.3, 0.4) is 0 Å². The van der Waals surface area contributed by atoms with Crippen LogP contribution in [0.15, 0.2) is 67.0 Å². The molecule has 0 saturated carbocycles. The lowest BCUT2D eigenvalue weighted by molar-refractivity contribution is -0.141. The fraction of sp³-hybridized carbons (Fsp3) is 0.346. The maximum Gasteiger partial charge on any atom is 0.434 e. The van der Waals surface area contributed by atoms with E-state index in [0.29, 0.717) is 24.4 Å². The van der Waals surface area contributed by atoms with Crippen molar-refractivity contribution in [1.29, 1.82) is 0 Å². The number of nitrogens with one attached hydrogen (secondary N) is 1. The maximum atomic E-state index is 13.8. The molecule has 0 spiro atoms. The first-order valence-electron chi connectivity index (χ1n) is 11.4. The van der Waals surface area contributed by atoms with Gasteiger partial charge in [0.15, 0.2) is 5.69 Å². The van der Waals surface area contributed by atoms with Gasteiger partial charge in [-0.05, 0) is 36.0 Å². The molecule has 1 aliphatic rings. The number of carbonyl (C=O) groups excluding carboxylic acids is 1. The van der Waals surface area contributed by atoms with Crippen LogP contribution in [-0.4, -0.2) is 39.4 Å². The summed E-state index contributed by atoms with van der Waals surface area (Å²) in [4.78, 5) is 23.1. The maximum absolute atomic E-state index is 13.8. The van der Waals surface area contributed by atoms with Gasteiger partial charge in [0.05, 0.1) is 18.4 Å². The highest BCUT2D eigenvalue weighted by molar-refractivity contribution is 6.01. The summed E-state index contributed by atoms with van der Waals surface area (Å²) in [6, 6.07) is 17.1. The smallest absolute Gasteiger partial charge is 0.364 e. The largest absolute Gasteiger partial charge is 0.434 e. The first kappa shape index (κ1) is 23.7. The van der Waals surface area contributed by atoms with Crippen molar-refractivity contribution >= 4 is 11.7 Å². The average molecular weight is 469 g/mol. The first-order valence-corrected chi connectivity index (χ1v) is 11.4. The lowest BCUT2D eigenvalue weighted by atomic mass is 9.97. The van der Waals surface area contributed by atoms with Gasteiger partial charge in [0.2, 0.25) is 0 Å². The molecule has 34 heavy (non-hydrogen) atoms. The van der Waals surface area contributed by atoms with Gasteiger partial charge in [-0.15, -0.1) is 0 Å². The number of halogens is 3. The molecule has 0 radical (unpaired) electrons. The highest BCUT2D eigenvalue weighted by Crippen LogP contribution is 2.32. The standard InChI is InChI=1S/C26H27F3N4O/c1-3-21(32-24-15-30-23(14-31-24)26(27,28)29)22-13-17(2)16-33(22)25(34)20-12-8-7-11-19(20)18-9-5-4-6-10-18/h4-12,14-15,17,21-22H,3,13,16H2,1-2H3,(H,31,32). The van der Waals surface area contributed by atoms with Crippen LogP contribution in [0.2, 0.25) is 0 Å². The zero-order valence-electron chi connectivity index (χ0n) is 19.1. The van der Waals surface area contributed by atoms with Crippen LogP contribution >= 0.6 is 0 Å². The summed E-state index contributed by atoms with van der Waals surface area (Å²) in [7, 11) is 0. The SMILES string of the molecule is CCC(Nc1cnc(C(F)(F)F)cn1)C1CC(C)CN1C(=O)c1ccccc1-c1ccccc1. The topological polar surface area (TPSA) is 58.1 Å². The number of aromatic nitrogens is 2. The number of likely N-dealkylation sites (tertiary alicyclic amines) is 1. The highest BCUT2D eigenvalue weighted by atomic mass is 19.4. The number of amides is 1.